The van der Waals surface area contributed by atoms with Gasteiger partial charge in [0.05, 0.1) is 18.4 Å². The molecule has 0 atom stereocenters. The van der Waals surface area contributed by atoms with E-state index in [0.717, 1.165) is 22.5 Å². The molecular weight excluding hydrogens is 232 g/mol. The topological polar surface area (TPSA) is 75.2 Å². The highest BCUT2D eigenvalue weighted by molar-refractivity contribution is 5.91. The number of aromatic amines is 1. The number of aromatic carboxylic acids is 1. The molecule has 0 saturated heterocycles. The minimum atomic E-state index is -0.960. The number of carboxylic acids is 1. The molecule has 0 aliphatic rings. The second-order valence-electron chi connectivity index (χ2n) is 4.03. The molecule has 0 amide bonds. The number of benzene rings is 1. The lowest BCUT2D eigenvalue weighted by Crippen LogP contribution is -1.98. The molecule has 2 rings (SSSR count). The van der Waals surface area contributed by atoms with Crippen LogP contribution >= 0.6 is 0 Å². The van der Waals surface area contributed by atoms with Crippen LogP contribution < -0.4 is 4.74 Å². The third-order valence-corrected chi connectivity index (χ3v) is 2.84. The smallest absolute Gasteiger partial charge is 0.335 e. The molecule has 18 heavy (non-hydrogen) atoms. The Kier molecular flexibility index (Phi) is 3.06. The largest absolute Gasteiger partial charge is 0.496 e. The summed E-state index contributed by atoms with van der Waals surface area (Å²) in [6, 6.07) is 4.78. The van der Waals surface area contributed by atoms with Crippen LogP contribution in [0.3, 0.4) is 0 Å². The third-order valence-electron chi connectivity index (χ3n) is 2.84. The average Bonchev–Trinajstić information content (AvgIpc) is 2.68. The first-order valence-corrected chi connectivity index (χ1v) is 5.48. The quantitative estimate of drug-likeness (QED) is 0.872. The molecule has 94 valence electrons. The monoisotopic (exact) mass is 246 g/mol. The fraction of sp³-hybridized carbons (Fsp3) is 0.231. The molecule has 0 spiro atoms. The number of hydrogen-bond acceptors (Lipinski definition) is 3. The first-order valence-electron chi connectivity index (χ1n) is 5.48. The summed E-state index contributed by atoms with van der Waals surface area (Å²) < 4.78 is 5.28. The van der Waals surface area contributed by atoms with Crippen molar-refractivity contribution in [2.45, 2.75) is 13.8 Å². The van der Waals surface area contributed by atoms with Crippen LogP contribution in [-0.4, -0.2) is 28.4 Å². The maximum atomic E-state index is 11.0. The van der Waals surface area contributed by atoms with Crippen molar-refractivity contribution in [2.24, 2.45) is 0 Å². The Balaban J connectivity index is 2.68. The first kappa shape index (κ1) is 12.2. The highest BCUT2D eigenvalue weighted by Gasteiger charge is 2.16. The summed E-state index contributed by atoms with van der Waals surface area (Å²) in [6.45, 7) is 3.76. The van der Waals surface area contributed by atoms with Gasteiger partial charge in [-0.05, 0) is 32.0 Å². The van der Waals surface area contributed by atoms with Gasteiger partial charge in [0.2, 0.25) is 0 Å². The van der Waals surface area contributed by atoms with Gasteiger partial charge in [0.25, 0.3) is 0 Å². The zero-order chi connectivity index (χ0) is 13.3. The predicted octanol–water partition coefficient (Wildman–Crippen LogP) is 2.40. The Bertz CT molecular complexity index is 583. The summed E-state index contributed by atoms with van der Waals surface area (Å²) in [4.78, 5) is 11.0. The van der Waals surface area contributed by atoms with Crippen LogP contribution in [0.4, 0.5) is 0 Å². The molecule has 0 aliphatic heterocycles. The van der Waals surface area contributed by atoms with E-state index >= 15 is 0 Å². The van der Waals surface area contributed by atoms with Gasteiger partial charge in [0.1, 0.15) is 5.75 Å². The van der Waals surface area contributed by atoms with Crippen molar-refractivity contribution in [2.75, 3.05) is 7.11 Å². The van der Waals surface area contributed by atoms with Crippen LogP contribution in [0, 0.1) is 13.8 Å². The van der Waals surface area contributed by atoms with Gasteiger partial charge in [0.15, 0.2) is 0 Å². The summed E-state index contributed by atoms with van der Waals surface area (Å²) in [5, 5.41) is 16.0. The molecule has 0 unspecified atom stereocenters. The van der Waals surface area contributed by atoms with Gasteiger partial charge in [-0.1, -0.05) is 0 Å². The number of H-pyrrole nitrogens is 1. The molecule has 0 saturated carbocycles. The number of nitrogens with one attached hydrogen (secondary N) is 1. The maximum absolute atomic E-state index is 11.0. The maximum Gasteiger partial charge on any atom is 0.335 e. The number of hydrogen-bond donors (Lipinski definition) is 2. The fourth-order valence-electron chi connectivity index (χ4n) is 1.98. The number of ether oxygens (including phenoxy) is 1. The van der Waals surface area contributed by atoms with E-state index in [4.69, 9.17) is 9.84 Å². The van der Waals surface area contributed by atoms with Crippen molar-refractivity contribution in [3.05, 3.63) is 35.2 Å². The van der Waals surface area contributed by atoms with Crippen LogP contribution in [0.2, 0.25) is 0 Å². The standard InChI is InChI=1S/C13H14N2O3/c1-7-12(8(2)15-14-7)10-6-9(13(16)17)4-5-11(10)18-3/h4-6H,1-3H3,(H,14,15)(H,16,17). The van der Waals surface area contributed by atoms with Gasteiger partial charge in [0, 0.05) is 16.8 Å². The van der Waals surface area contributed by atoms with Crippen LogP contribution in [0.25, 0.3) is 11.1 Å². The van der Waals surface area contributed by atoms with Crippen LogP contribution in [0.1, 0.15) is 21.7 Å². The van der Waals surface area contributed by atoms with E-state index in [9.17, 15) is 4.79 Å². The zero-order valence-corrected chi connectivity index (χ0v) is 10.4. The minimum Gasteiger partial charge on any atom is -0.496 e. The lowest BCUT2D eigenvalue weighted by Gasteiger charge is -2.09. The Morgan fingerprint density at radius 3 is 2.61 bits per heavy atom. The average molecular weight is 246 g/mol. The summed E-state index contributed by atoms with van der Waals surface area (Å²) in [5.41, 5.74) is 3.54. The van der Waals surface area contributed by atoms with Gasteiger partial charge < -0.3 is 9.84 Å². The van der Waals surface area contributed by atoms with Crippen molar-refractivity contribution in [3.8, 4) is 16.9 Å². The molecule has 0 radical (unpaired) electrons. The van der Waals surface area contributed by atoms with E-state index in [0.29, 0.717) is 5.75 Å². The zero-order valence-electron chi connectivity index (χ0n) is 10.4. The van der Waals surface area contributed by atoms with Crippen molar-refractivity contribution < 1.29 is 14.6 Å². The third kappa shape index (κ3) is 1.95. The molecule has 5 heteroatoms. The van der Waals surface area contributed by atoms with Crippen molar-refractivity contribution in [3.63, 3.8) is 0 Å². The second-order valence-corrected chi connectivity index (χ2v) is 4.03. The highest BCUT2D eigenvalue weighted by Crippen LogP contribution is 2.34. The molecule has 2 N–H and O–H groups in total. The Hall–Kier alpha value is -2.30. The van der Waals surface area contributed by atoms with E-state index in [1.165, 1.54) is 6.07 Å². The molecule has 1 aromatic carbocycles. The molecule has 0 fully saturated rings. The Labute approximate surface area is 104 Å². The van der Waals surface area contributed by atoms with Gasteiger partial charge >= 0.3 is 5.97 Å². The second kappa shape index (κ2) is 4.52. The SMILES string of the molecule is COc1ccc(C(=O)O)cc1-c1c(C)n[nH]c1C. The number of carbonyl (C=O) groups is 1. The summed E-state index contributed by atoms with van der Waals surface area (Å²) in [6.07, 6.45) is 0. The van der Waals surface area contributed by atoms with Crippen molar-refractivity contribution in [1.82, 2.24) is 10.2 Å². The molecule has 0 bridgehead atoms. The van der Waals surface area contributed by atoms with Gasteiger partial charge in [-0.15, -0.1) is 0 Å². The Morgan fingerprint density at radius 2 is 2.11 bits per heavy atom. The highest BCUT2D eigenvalue weighted by atomic mass is 16.5. The number of rotatable bonds is 3. The normalized spacial score (nSPS) is 10.4. The number of aryl methyl sites for hydroxylation is 2. The van der Waals surface area contributed by atoms with E-state index in [-0.39, 0.29) is 5.56 Å². The fourth-order valence-corrected chi connectivity index (χ4v) is 1.98. The van der Waals surface area contributed by atoms with E-state index in [1.54, 1.807) is 19.2 Å². The summed E-state index contributed by atoms with van der Waals surface area (Å²) in [7, 11) is 1.56. The lowest BCUT2D eigenvalue weighted by molar-refractivity contribution is 0.0697. The van der Waals surface area contributed by atoms with Gasteiger partial charge in [-0.25, -0.2) is 4.79 Å². The first-order chi connectivity index (χ1) is 8.54. The molecular formula is C13H14N2O3. The van der Waals surface area contributed by atoms with E-state index in [2.05, 4.69) is 10.2 Å². The van der Waals surface area contributed by atoms with E-state index < -0.39 is 5.97 Å². The van der Waals surface area contributed by atoms with Crippen molar-refractivity contribution >= 4 is 5.97 Å². The number of nitrogens with zero attached hydrogens (tertiary/aromatic N) is 1. The van der Waals surface area contributed by atoms with Crippen LogP contribution in [-0.2, 0) is 0 Å². The summed E-state index contributed by atoms with van der Waals surface area (Å²) in [5.74, 6) is -0.328. The predicted molar refractivity (Wildman–Crippen MR) is 67.0 cm³/mol. The van der Waals surface area contributed by atoms with Gasteiger partial charge in [-0.3, -0.25) is 5.10 Å². The minimum absolute atomic E-state index is 0.228. The van der Waals surface area contributed by atoms with Crippen LogP contribution in [0.5, 0.6) is 5.75 Å². The molecule has 1 heterocycles. The molecule has 2 aromatic rings. The number of methoxy groups -OCH3 is 1. The van der Waals surface area contributed by atoms with Crippen molar-refractivity contribution in [1.29, 1.82) is 0 Å². The number of carboxylic acid groups (broad SMARTS) is 1. The molecule has 5 nitrogen and oxygen atoms in total. The van der Waals surface area contributed by atoms with Gasteiger partial charge in [-0.2, -0.15) is 5.10 Å². The molecule has 0 aliphatic carbocycles. The Morgan fingerprint density at radius 1 is 1.39 bits per heavy atom. The van der Waals surface area contributed by atoms with Crippen LogP contribution in [0.15, 0.2) is 18.2 Å². The molecule has 1 aromatic heterocycles. The number of aromatic nitrogens is 2. The van der Waals surface area contributed by atoms with E-state index in [1.807, 2.05) is 13.8 Å². The lowest BCUT2D eigenvalue weighted by atomic mass is 10.0. The summed E-state index contributed by atoms with van der Waals surface area (Å²) >= 11 is 0.